The van der Waals surface area contributed by atoms with Crippen LogP contribution in [-0.4, -0.2) is 87.1 Å². The third-order valence-electron chi connectivity index (χ3n) is 5.77. The molecule has 0 aliphatic carbocycles. The van der Waals surface area contributed by atoms with E-state index in [9.17, 15) is 4.79 Å². The van der Waals surface area contributed by atoms with E-state index in [0.29, 0.717) is 12.6 Å². The van der Waals surface area contributed by atoms with Crippen LogP contribution in [0.25, 0.3) is 0 Å². The van der Waals surface area contributed by atoms with Crippen molar-refractivity contribution < 1.29 is 4.79 Å². The summed E-state index contributed by atoms with van der Waals surface area (Å²) in [6.45, 7) is 10.2. The third kappa shape index (κ3) is 9.24. The Kier molecular flexibility index (Phi) is 11.3. The zero-order valence-corrected chi connectivity index (χ0v) is 18.1. The first kappa shape index (κ1) is 22.9. The van der Waals surface area contributed by atoms with Crippen LogP contribution in [-0.2, 0) is 4.79 Å². The highest BCUT2D eigenvalue weighted by Gasteiger charge is 2.21. The van der Waals surface area contributed by atoms with E-state index in [4.69, 9.17) is 4.99 Å². The minimum Gasteiger partial charge on any atom is -0.358 e. The molecule has 28 heavy (non-hydrogen) atoms. The molecule has 0 aromatic rings. The van der Waals surface area contributed by atoms with Gasteiger partial charge in [-0.1, -0.05) is 12.8 Å². The minimum absolute atomic E-state index is 0.0987. The molecule has 0 unspecified atom stereocenters. The quantitative estimate of drug-likeness (QED) is 0.297. The number of likely N-dealkylation sites (N-methyl/N-ethyl adjacent to an activating group) is 1. The number of hydrogen-bond donors (Lipinski definition) is 3. The van der Waals surface area contributed by atoms with Gasteiger partial charge in [-0.05, 0) is 65.1 Å². The van der Waals surface area contributed by atoms with Gasteiger partial charge < -0.3 is 20.9 Å². The van der Waals surface area contributed by atoms with Crippen LogP contribution < -0.4 is 16.0 Å². The van der Waals surface area contributed by atoms with Crippen LogP contribution in [0.4, 0.5) is 0 Å². The Labute approximate surface area is 171 Å². The first-order valence-electron chi connectivity index (χ1n) is 11.4. The fourth-order valence-electron chi connectivity index (χ4n) is 4.03. The second kappa shape index (κ2) is 13.8. The molecule has 2 saturated heterocycles. The largest absolute Gasteiger partial charge is 0.358 e. The Hall–Kier alpha value is -1.34. The first-order valence-corrected chi connectivity index (χ1v) is 11.4. The summed E-state index contributed by atoms with van der Waals surface area (Å²) in [6.07, 6.45) is 10.0. The van der Waals surface area contributed by atoms with Crippen molar-refractivity contribution >= 4 is 11.9 Å². The van der Waals surface area contributed by atoms with E-state index >= 15 is 0 Å². The summed E-state index contributed by atoms with van der Waals surface area (Å²) in [5, 5.41) is 9.67. The Morgan fingerprint density at radius 3 is 2.43 bits per heavy atom. The number of nitrogens with one attached hydrogen (secondary N) is 3. The van der Waals surface area contributed by atoms with Gasteiger partial charge in [0.2, 0.25) is 5.91 Å². The Bertz CT molecular complexity index is 456. The second-order valence-corrected chi connectivity index (χ2v) is 8.09. The van der Waals surface area contributed by atoms with E-state index in [-0.39, 0.29) is 5.91 Å². The van der Waals surface area contributed by atoms with E-state index in [2.05, 4.69) is 32.7 Å². The van der Waals surface area contributed by atoms with Gasteiger partial charge >= 0.3 is 0 Å². The normalized spacial score (nSPS) is 20.1. The lowest BCUT2D eigenvalue weighted by Crippen LogP contribution is -2.50. The van der Waals surface area contributed by atoms with Crippen LogP contribution >= 0.6 is 0 Å². The Morgan fingerprint density at radius 2 is 1.75 bits per heavy atom. The predicted octanol–water partition coefficient (Wildman–Crippen LogP) is 1.41. The van der Waals surface area contributed by atoms with Crippen molar-refractivity contribution in [3.05, 3.63) is 0 Å². The summed E-state index contributed by atoms with van der Waals surface area (Å²) in [7, 11) is 1.70. The number of carbonyl (C=O) groups is 1. The molecule has 7 heteroatoms. The second-order valence-electron chi connectivity index (χ2n) is 8.09. The van der Waals surface area contributed by atoms with Crippen molar-refractivity contribution in [2.75, 3.05) is 59.4 Å². The van der Waals surface area contributed by atoms with Gasteiger partial charge in [-0.3, -0.25) is 14.7 Å². The molecule has 2 rings (SSSR count). The molecule has 0 saturated carbocycles. The van der Waals surface area contributed by atoms with Gasteiger partial charge in [0.25, 0.3) is 0 Å². The minimum atomic E-state index is 0.0987. The topological polar surface area (TPSA) is 72.0 Å². The molecule has 2 heterocycles. The molecule has 0 bridgehead atoms. The molecule has 7 nitrogen and oxygen atoms in total. The number of rotatable bonds is 10. The molecule has 162 valence electrons. The van der Waals surface area contributed by atoms with Crippen LogP contribution in [0, 0.1) is 0 Å². The van der Waals surface area contributed by atoms with Crippen molar-refractivity contribution in [1.82, 2.24) is 25.8 Å². The smallest absolute Gasteiger partial charge is 0.233 e. The van der Waals surface area contributed by atoms with Gasteiger partial charge in [0.15, 0.2) is 5.96 Å². The van der Waals surface area contributed by atoms with Gasteiger partial charge in [-0.2, -0.15) is 0 Å². The van der Waals surface area contributed by atoms with Crippen LogP contribution in [0.1, 0.15) is 58.3 Å². The van der Waals surface area contributed by atoms with Crippen LogP contribution in [0.2, 0.25) is 0 Å². The molecule has 2 aliphatic rings. The first-order chi connectivity index (χ1) is 13.7. The van der Waals surface area contributed by atoms with Gasteiger partial charge in [0.05, 0.1) is 6.54 Å². The molecule has 1 amide bonds. The van der Waals surface area contributed by atoms with Gasteiger partial charge in [0, 0.05) is 39.3 Å². The lowest BCUT2D eigenvalue weighted by atomic mass is 10.1. The van der Waals surface area contributed by atoms with Crippen molar-refractivity contribution in [3.8, 4) is 0 Å². The molecule has 0 atom stereocenters. The zero-order valence-electron chi connectivity index (χ0n) is 18.1. The summed E-state index contributed by atoms with van der Waals surface area (Å²) in [6, 6.07) is 0.442. The number of nitrogens with zero attached hydrogens (tertiary/aromatic N) is 3. The summed E-state index contributed by atoms with van der Waals surface area (Å²) in [5.74, 6) is 1.05. The number of carbonyl (C=O) groups excluding carboxylic acids is 1. The SMILES string of the molecule is CCNC(=NCCCCCN1CCCCC1)NC1CCN(CC(=O)NC)CC1. The average molecular weight is 395 g/mol. The maximum atomic E-state index is 11.5. The van der Waals surface area contributed by atoms with Gasteiger partial charge in [-0.15, -0.1) is 0 Å². The Balaban J connectivity index is 1.60. The predicted molar refractivity (Wildman–Crippen MR) is 117 cm³/mol. The van der Waals surface area contributed by atoms with Crippen LogP contribution in [0.3, 0.4) is 0 Å². The molecule has 0 aromatic carbocycles. The maximum absolute atomic E-state index is 11.5. The molecule has 0 aromatic heterocycles. The standard InChI is InChI=1S/C21H42N6O/c1-3-23-21(24-12-6-4-7-13-26-14-8-5-9-15-26)25-19-10-16-27(17-11-19)18-20(28)22-2/h19H,3-18H2,1-2H3,(H,22,28)(H2,23,24,25). The summed E-state index contributed by atoms with van der Waals surface area (Å²) >= 11 is 0. The molecule has 2 aliphatic heterocycles. The number of piperidine rings is 2. The van der Waals surface area contributed by atoms with E-state index in [1.54, 1.807) is 7.05 Å². The highest BCUT2D eigenvalue weighted by atomic mass is 16.1. The third-order valence-corrected chi connectivity index (χ3v) is 5.77. The van der Waals surface area contributed by atoms with Crippen LogP contribution in [0.5, 0.6) is 0 Å². The van der Waals surface area contributed by atoms with E-state index in [0.717, 1.165) is 51.4 Å². The zero-order chi connectivity index (χ0) is 20.0. The number of aliphatic imine (C=N–C) groups is 1. The number of amides is 1. The van der Waals surface area contributed by atoms with E-state index < -0.39 is 0 Å². The van der Waals surface area contributed by atoms with Crippen molar-refractivity contribution in [1.29, 1.82) is 0 Å². The highest BCUT2D eigenvalue weighted by Crippen LogP contribution is 2.11. The summed E-state index contributed by atoms with van der Waals surface area (Å²) in [4.78, 5) is 21.1. The van der Waals surface area contributed by atoms with E-state index in [1.807, 2.05) is 0 Å². The lowest BCUT2D eigenvalue weighted by molar-refractivity contribution is -0.122. The summed E-state index contributed by atoms with van der Waals surface area (Å²) in [5.41, 5.74) is 0. The highest BCUT2D eigenvalue weighted by molar-refractivity contribution is 5.80. The number of unbranched alkanes of at least 4 members (excludes halogenated alkanes) is 2. The van der Waals surface area contributed by atoms with Crippen LogP contribution in [0.15, 0.2) is 4.99 Å². The van der Waals surface area contributed by atoms with Gasteiger partial charge in [0.1, 0.15) is 0 Å². The maximum Gasteiger partial charge on any atom is 0.233 e. The number of likely N-dealkylation sites (tertiary alicyclic amines) is 2. The number of guanidine groups is 1. The molecule has 3 N–H and O–H groups in total. The monoisotopic (exact) mass is 394 g/mol. The molecular weight excluding hydrogens is 352 g/mol. The van der Waals surface area contributed by atoms with Crippen molar-refractivity contribution in [2.45, 2.75) is 64.3 Å². The lowest BCUT2D eigenvalue weighted by Gasteiger charge is -2.32. The molecular formula is C21H42N6O. The Morgan fingerprint density at radius 1 is 1.00 bits per heavy atom. The average Bonchev–Trinajstić information content (AvgIpc) is 2.72. The van der Waals surface area contributed by atoms with Gasteiger partial charge in [-0.25, -0.2) is 0 Å². The van der Waals surface area contributed by atoms with E-state index in [1.165, 1.54) is 51.7 Å². The van der Waals surface area contributed by atoms with Crippen molar-refractivity contribution in [2.24, 2.45) is 4.99 Å². The fourth-order valence-corrected chi connectivity index (χ4v) is 4.03. The van der Waals surface area contributed by atoms with Crippen molar-refractivity contribution in [3.63, 3.8) is 0 Å². The molecule has 0 spiro atoms. The molecule has 2 fully saturated rings. The summed E-state index contributed by atoms with van der Waals surface area (Å²) < 4.78 is 0. The fraction of sp³-hybridized carbons (Fsp3) is 0.905. The number of hydrogen-bond acceptors (Lipinski definition) is 4. The molecule has 0 radical (unpaired) electrons.